The van der Waals surface area contributed by atoms with E-state index in [1.165, 1.54) is 5.57 Å². The summed E-state index contributed by atoms with van der Waals surface area (Å²) in [6.45, 7) is 0.859. The van der Waals surface area contributed by atoms with Gasteiger partial charge in [0.2, 0.25) is 11.8 Å². The standard InChI is InChI=1S/C27H41ClN2O3/c28-23-8-4-1-5-19(23)15-30-25(18-11-9-17(16-31)10-12-18)24(26(32)29-20-13-14-20)21-6-2-3-7-22(21)27(30)33/h17-18,20-22,24-25,31H,1-16H2,(H,29,32)/t17?,18?,21?,22?,24-,25+/m1/s1. The van der Waals surface area contributed by atoms with Gasteiger partial charge in [-0.05, 0) is 100 Å². The van der Waals surface area contributed by atoms with Gasteiger partial charge in [0, 0.05) is 36.2 Å². The van der Waals surface area contributed by atoms with Crippen LogP contribution in [-0.4, -0.2) is 47.1 Å². The predicted octanol–water partition coefficient (Wildman–Crippen LogP) is 4.76. The van der Waals surface area contributed by atoms with Gasteiger partial charge in [0.15, 0.2) is 0 Å². The number of likely N-dealkylation sites (tertiary alicyclic amines) is 1. The Morgan fingerprint density at radius 1 is 0.970 bits per heavy atom. The smallest absolute Gasteiger partial charge is 0.226 e. The Labute approximate surface area is 203 Å². The van der Waals surface area contributed by atoms with E-state index in [4.69, 9.17) is 11.6 Å². The van der Waals surface area contributed by atoms with Crippen LogP contribution in [0.4, 0.5) is 0 Å². The van der Waals surface area contributed by atoms with Crippen LogP contribution in [-0.2, 0) is 9.59 Å². The van der Waals surface area contributed by atoms with Gasteiger partial charge in [-0.15, -0.1) is 0 Å². The number of allylic oxidation sites excluding steroid dienone is 1. The summed E-state index contributed by atoms with van der Waals surface area (Å²) in [6, 6.07) is 0.307. The van der Waals surface area contributed by atoms with Gasteiger partial charge in [-0.25, -0.2) is 0 Å². The van der Waals surface area contributed by atoms with Crippen molar-refractivity contribution in [2.75, 3.05) is 13.2 Å². The van der Waals surface area contributed by atoms with E-state index >= 15 is 0 Å². The van der Waals surface area contributed by atoms with E-state index in [9.17, 15) is 14.7 Å². The fraction of sp³-hybridized carbons (Fsp3) is 0.852. The number of carbonyl (C=O) groups excluding carboxylic acids is 2. The summed E-state index contributed by atoms with van der Waals surface area (Å²) < 4.78 is 0. The molecule has 184 valence electrons. The Balaban J connectivity index is 1.48. The zero-order valence-electron chi connectivity index (χ0n) is 19.9. The highest BCUT2D eigenvalue weighted by molar-refractivity contribution is 6.30. The second-order valence-electron chi connectivity index (χ2n) is 11.5. The number of hydrogen-bond donors (Lipinski definition) is 2. The molecule has 5 aliphatic rings. The van der Waals surface area contributed by atoms with Crippen molar-refractivity contribution in [3.63, 3.8) is 0 Å². The Hall–Kier alpha value is -1.07. The quantitative estimate of drug-likeness (QED) is 0.580. The third-order valence-corrected chi connectivity index (χ3v) is 9.79. The Kier molecular flexibility index (Phi) is 7.37. The average Bonchev–Trinajstić information content (AvgIpc) is 3.66. The summed E-state index contributed by atoms with van der Waals surface area (Å²) in [5, 5.41) is 14.0. The number of rotatable bonds is 6. The minimum atomic E-state index is -0.104. The highest BCUT2D eigenvalue weighted by Crippen LogP contribution is 2.48. The first-order chi connectivity index (χ1) is 16.1. The molecule has 0 aromatic rings. The molecule has 2 unspecified atom stereocenters. The summed E-state index contributed by atoms with van der Waals surface area (Å²) in [5.41, 5.74) is 1.22. The van der Waals surface area contributed by atoms with Crippen LogP contribution in [0.3, 0.4) is 0 Å². The first-order valence-corrected chi connectivity index (χ1v) is 14.0. The number of aliphatic hydroxyl groups excluding tert-OH is 1. The normalized spacial score (nSPS) is 37.6. The van der Waals surface area contributed by atoms with Crippen LogP contribution < -0.4 is 5.32 Å². The Morgan fingerprint density at radius 2 is 1.70 bits per heavy atom. The third-order valence-electron chi connectivity index (χ3n) is 9.34. The molecule has 0 bridgehead atoms. The molecule has 2 N–H and O–H groups in total. The highest BCUT2D eigenvalue weighted by Gasteiger charge is 2.54. The first-order valence-electron chi connectivity index (χ1n) is 13.6. The van der Waals surface area contributed by atoms with E-state index in [0.29, 0.717) is 24.4 Å². The molecule has 1 aliphatic heterocycles. The van der Waals surface area contributed by atoms with Crippen LogP contribution in [0.2, 0.25) is 0 Å². The van der Waals surface area contributed by atoms with Crippen molar-refractivity contribution in [1.82, 2.24) is 10.2 Å². The van der Waals surface area contributed by atoms with Crippen LogP contribution in [0.15, 0.2) is 10.6 Å². The molecule has 0 spiro atoms. The van der Waals surface area contributed by atoms with E-state index < -0.39 is 0 Å². The molecule has 4 aliphatic carbocycles. The number of halogens is 1. The second kappa shape index (κ2) is 10.3. The fourth-order valence-electron chi connectivity index (χ4n) is 7.32. The lowest BCUT2D eigenvalue weighted by Gasteiger charge is -2.53. The lowest BCUT2D eigenvalue weighted by atomic mass is 9.61. The van der Waals surface area contributed by atoms with Crippen molar-refractivity contribution in [3.8, 4) is 0 Å². The van der Waals surface area contributed by atoms with Gasteiger partial charge in [0.1, 0.15) is 0 Å². The maximum atomic E-state index is 14.0. The van der Waals surface area contributed by atoms with E-state index in [1.807, 2.05) is 0 Å². The number of piperidine rings is 1. The molecule has 5 rings (SSSR count). The SMILES string of the molecule is O=C(NC1CC1)[C@@H]1C2CCCCC2C(=O)N(CC2=C(Cl)CCCC2)[C@H]1C1CCC(CO)CC1. The largest absolute Gasteiger partial charge is 0.396 e. The van der Waals surface area contributed by atoms with E-state index in [-0.39, 0.29) is 42.2 Å². The summed E-state index contributed by atoms with van der Waals surface area (Å²) in [4.78, 5) is 29.9. The van der Waals surface area contributed by atoms with Crippen molar-refractivity contribution in [3.05, 3.63) is 10.6 Å². The Bertz CT molecular complexity index is 771. The fourth-order valence-corrected chi connectivity index (χ4v) is 7.61. The molecule has 4 atom stereocenters. The van der Waals surface area contributed by atoms with Crippen molar-refractivity contribution < 1.29 is 14.7 Å². The lowest BCUT2D eigenvalue weighted by Crippen LogP contribution is -2.64. The van der Waals surface area contributed by atoms with Crippen LogP contribution in [0.25, 0.3) is 0 Å². The number of carbonyl (C=O) groups is 2. The van der Waals surface area contributed by atoms with Gasteiger partial charge in [-0.3, -0.25) is 9.59 Å². The zero-order valence-corrected chi connectivity index (χ0v) is 20.7. The molecule has 0 aromatic carbocycles. The van der Waals surface area contributed by atoms with Crippen LogP contribution in [0.1, 0.15) is 89.9 Å². The second-order valence-corrected chi connectivity index (χ2v) is 12.0. The molecular formula is C27H41ClN2O3. The molecule has 1 heterocycles. The molecule has 33 heavy (non-hydrogen) atoms. The number of aliphatic hydroxyl groups is 1. The monoisotopic (exact) mass is 476 g/mol. The van der Waals surface area contributed by atoms with Crippen molar-refractivity contribution in [2.45, 2.75) is 102 Å². The van der Waals surface area contributed by atoms with Gasteiger partial charge < -0.3 is 15.3 Å². The molecule has 5 nitrogen and oxygen atoms in total. The molecule has 2 amide bonds. The summed E-state index contributed by atoms with van der Waals surface area (Å²) in [6.07, 6.45) is 14.4. The van der Waals surface area contributed by atoms with Gasteiger partial charge in [0.05, 0.1) is 5.92 Å². The van der Waals surface area contributed by atoms with Crippen molar-refractivity contribution in [1.29, 1.82) is 0 Å². The molecule has 6 heteroatoms. The van der Waals surface area contributed by atoms with Crippen LogP contribution >= 0.6 is 11.6 Å². The van der Waals surface area contributed by atoms with Crippen LogP contribution in [0.5, 0.6) is 0 Å². The topological polar surface area (TPSA) is 69.6 Å². The molecule has 0 aromatic heterocycles. The van der Waals surface area contributed by atoms with Gasteiger partial charge in [-0.1, -0.05) is 24.4 Å². The predicted molar refractivity (Wildman–Crippen MR) is 129 cm³/mol. The molecular weight excluding hydrogens is 436 g/mol. The number of fused-ring (bicyclic) bond motifs is 1. The number of amides is 2. The van der Waals surface area contributed by atoms with Crippen molar-refractivity contribution >= 4 is 23.4 Å². The average molecular weight is 477 g/mol. The lowest BCUT2D eigenvalue weighted by molar-refractivity contribution is -0.160. The van der Waals surface area contributed by atoms with Gasteiger partial charge in [-0.2, -0.15) is 0 Å². The maximum Gasteiger partial charge on any atom is 0.226 e. The third kappa shape index (κ3) is 5.00. The highest BCUT2D eigenvalue weighted by atomic mass is 35.5. The summed E-state index contributed by atoms with van der Waals surface area (Å²) in [7, 11) is 0. The molecule has 0 radical (unpaired) electrons. The Morgan fingerprint density at radius 3 is 2.39 bits per heavy atom. The number of nitrogens with one attached hydrogen (secondary N) is 1. The molecule has 4 fully saturated rings. The molecule has 3 saturated carbocycles. The molecule has 1 saturated heterocycles. The van der Waals surface area contributed by atoms with Crippen LogP contribution in [0, 0.1) is 29.6 Å². The summed E-state index contributed by atoms with van der Waals surface area (Å²) >= 11 is 6.67. The van der Waals surface area contributed by atoms with Gasteiger partial charge >= 0.3 is 0 Å². The first kappa shape index (κ1) is 23.7. The number of hydrogen-bond acceptors (Lipinski definition) is 3. The van der Waals surface area contributed by atoms with E-state index in [2.05, 4.69) is 10.2 Å². The minimum absolute atomic E-state index is 0.0123. The maximum absolute atomic E-state index is 14.0. The van der Waals surface area contributed by atoms with E-state index in [1.54, 1.807) is 0 Å². The van der Waals surface area contributed by atoms with E-state index in [0.717, 1.165) is 94.9 Å². The minimum Gasteiger partial charge on any atom is -0.396 e. The van der Waals surface area contributed by atoms with Gasteiger partial charge in [0.25, 0.3) is 0 Å². The number of nitrogens with zero attached hydrogens (tertiary/aromatic N) is 1. The summed E-state index contributed by atoms with van der Waals surface area (Å²) in [5.74, 6) is 1.24. The van der Waals surface area contributed by atoms with Crippen molar-refractivity contribution in [2.24, 2.45) is 29.6 Å². The zero-order chi connectivity index (χ0) is 22.9.